The molecule has 1 saturated heterocycles. The van der Waals surface area contributed by atoms with Gasteiger partial charge in [-0.1, -0.05) is 0 Å². The van der Waals surface area contributed by atoms with Crippen LogP contribution in [0.1, 0.15) is 26.7 Å². The first-order valence-corrected chi connectivity index (χ1v) is 5.10. The Labute approximate surface area is 85.9 Å². The van der Waals surface area contributed by atoms with Gasteiger partial charge in [0.2, 0.25) is 0 Å². The van der Waals surface area contributed by atoms with Gasteiger partial charge in [0.1, 0.15) is 0 Å². The number of hydrogen-bond acceptors (Lipinski definition) is 3. The molecule has 0 bridgehead atoms. The Morgan fingerprint density at radius 1 is 1.14 bits per heavy atom. The topological polar surface area (TPSA) is 54.2 Å². The van der Waals surface area contributed by atoms with Gasteiger partial charge in [-0.15, -0.1) is 0 Å². The van der Waals surface area contributed by atoms with Crippen molar-refractivity contribution in [3.8, 4) is 0 Å². The molecule has 4 heteroatoms. The van der Waals surface area contributed by atoms with Gasteiger partial charge in [0.25, 0.3) is 0 Å². The maximum absolute atomic E-state index is 7.64. The highest BCUT2D eigenvalue weighted by molar-refractivity contribution is 5.96. The molecule has 0 radical (unpaired) electrons. The molecule has 0 aromatic rings. The lowest BCUT2D eigenvalue weighted by Gasteiger charge is -2.37. The third kappa shape index (κ3) is 2.54. The van der Waals surface area contributed by atoms with E-state index in [1.54, 1.807) is 13.8 Å². The molecule has 0 spiro atoms. The zero-order valence-electron chi connectivity index (χ0n) is 9.30. The van der Waals surface area contributed by atoms with Crippen LogP contribution in [0.5, 0.6) is 0 Å². The van der Waals surface area contributed by atoms with Gasteiger partial charge < -0.3 is 9.80 Å². The Morgan fingerprint density at radius 2 is 1.57 bits per heavy atom. The maximum Gasteiger partial charge on any atom is 0.0982 e. The summed E-state index contributed by atoms with van der Waals surface area (Å²) in [6, 6.07) is 0.362. The molecule has 1 heterocycles. The Kier molecular flexibility index (Phi) is 3.63. The molecule has 1 aliphatic rings. The number of rotatable bonds is 1. The minimum absolute atomic E-state index is 0.362. The van der Waals surface area contributed by atoms with E-state index in [-0.39, 0.29) is 0 Å². The molecular weight excluding hydrogens is 176 g/mol. The molecule has 1 aliphatic heterocycles. The van der Waals surface area contributed by atoms with Gasteiger partial charge in [0.15, 0.2) is 0 Å². The second-order valence-corrected chi connectivity index (χ2v) is 4.08. The zero-order chi connectivity index (χ0) is 10.7. The number of hydrogen-bond donors (Lipinski definition) is 2. The molecule has 0 atom stereocenters. The van der Waals surface area contributed by atoms with Gasteiger partial charge in [-0.3, -0.25) is 10.8 Å². The molecule has 80 valence electrons. The van der Waals surface area contributed by atoms with E-state index in [0.717, 1.165) is 25.9 Å². The third-order valence-electron chi connectivity index (χ3n) is 2.78. The number of piperidine rings is 1. The minimum Gasteiger partial charge on any atom is -0.316 e. The third-order valence-corrected chi connectivity index (χ3v) is 2.78. The van der Waals surface area contributed by atoms with Crippen LogP contribution in [0.15, 0.2) is 0 Å². The van der Waals surface area contributed by atoms with Crippen LogP contribution in [-0.2, 0) is 0 Å². The van der Waals surface area contributed by atoms with Crippen LogP contribution in [0.3, 0.4) is 0 Å². The molecule has 2 N–H and O–H groups in total. The number of likely N-dealkylation sites (tertiary alicyclic amines) is 1. The lowest BCUT2D eigenvalue weighted by Crippen LogP contribution is -2.47. The van der Waals surface area contributed by atoms with E-state index in [4.69, 9.17) is 10.8 Å². The van der Waals surface area contributed by atoms with Crippen LogP contribution in [0.2, 0.25) is 0 Å². The smallest absolute Gasteiger partial charge is 0.0982 e. The second-order valence-electron chi connectivity index (χ2n) is 4.08. The average molecular weight is 196 g/mol. The molecule has 14 heavy (non-hydrogen) atoms. The molecule has 1 fully saturated rings. The van der Waals surface area contributed by atoms with Crippen LogP contribution in [0.25, 0.3) is 0 Å². The van der Waals surface area contributed by atoms with E-state index in [2.05, 4.69) is 11.9 Å². The Balaban J connectivity index is 2.61. The standard InChI is InChI=1S/C10H20N4/c1-8(11)14(9(2)12)10-4-6-13(3)7-5-10/h10-12H,4-7H2,1-3H3. The summed E-state index contributed by atoms with van der Waals surface area (Å²) in [5.41, 5.74) is 0. The van der Waals surface area contributed by atoms with Crippen LogP contribution < -0.4 is 0 Å². The summed E-state index contributed by atoms with van der Waals surface area (Å²) in [6.45, 7) is 5.66. The predicted octanol–water partition coefficient (Wildman–Crippen LogP) is 1.38. The Morgan fingerprint density at radius 3 is 1.93 bits per heavy atom. The van der Waals surface area contributed by atoms with Crippen LogP contribution in [0.4, 0.5) is 0 Å². The van der Waals surface area contributed by atoms with Gasteiger partial charge in [0.05, 0.1) is 11.7 Å². The fourth-order valence-corrected chi connectivity index (χ4v) is 2.05. The van der Waals surface area contributed by atoms with E-state index in [1.165, 1.54) is 0 Å². The highest BCUT2D eigenvalue weighted by Crippen LogP contribution is 2.16. The van der Waals surface area contributed by atoms with E-state index < -0.39 is 0 Å². The quantitative estimate of drug-likeness (QED) is 0.491. The van der Waals surface area contributed by atoms with Crippen molar-refractivity contribution in [1.29, 1.82) is 10.8 Å². The van der Waals surface area contributed by atoms with Crippen molar-refractivity contribution < 1.29 is 0 Å². The first-order chi connectivity index (χ1) is 6.52. The molecule has 0 aliphatic carbocycles. The molecule has 0 amide bonds. The largest absolute Gasteiger partial charge is 0.316 e. The molecular formula is C10H20N4. The number of nitrogens with zero attached hydrogens (tertiary/aromatic N) is 2. The Hall–Kier alpha value is -0.900. The molecule has 1 rings (SSSR count). The lowest BCUT2D eigenvalue weighted by atomic mass is 10.0. The summed E-state index contributed by atoms with van der Waals surface area (Å²) in [4.78, 5) is 4.14. The van der Waals surface area contributed by atoms with Gasteiger partial charge in [0, 0.05) is 6.04 Å². The SMILES string of the molecule is CC(=N)N(C(C)=N)C1CCN(C)CC1. The van der Waals surface area contributed by atoms with Crippen LogP contribution >= 0.6 is 0 Å². The normalized spacial score (nSPS) is 19.4. The summed E-state index contributed by atoms with van der Waals surface area (Å²) in [6.07, 6.45) is 2.12. The van der Waals surface area contributed by atoms with Crippen molar-refractivity contribution in [2.45, 2.75) is 32.7 Å². The van der Waals surface area contributed by atoms with E-state index in [1.807, 2.05) is 4.90 Å². The van der Waals surface area contributed by atoms with Crippen molar-refractivity contribution in [3.05, 3.63) is 0 Å². The maximum atomic E-state index is 7.64. The van der Waals surface area contributed by atoms with Gasteiger partial charge in [-0.2, -0.15) is 0 Å². The molecule has 0 unspecified atom stereocenters. The number of amidine groups is 2. The van der Waals surface area contributed by atoms with Crippen molar-refractivity contribution in [1.82, 2.24) is 9.80 Å². The molecule has 0 saturated carbocycles. The summed E-state index contributed by atoms with van der Waals surface area (Å²) < 4.78 is 0. The van der Waals surface area contributed by atoms with E-state index in [0.29, 0.717) is 17.7 Å². The summed E-state index contributed by atoms with van der Waals surface area (Å²) in [7, 11) is 2.12. The molecule has 0 aromatic heterocycles. The number of nitrogens with one attached hydrogen (secondary N) is 2. The van der Waals surface area contributed by atoms with E-state index >= 15 is 0 Å². The fraction of sp³-hybridized carbons (Fsp3) is 0.800. The average Bonchev–Trinajstić information content (AvgIpc) is 2.07. The summed E-state index contributed by atoms with van der Waals surface area (Å²) >= 11 is 0. The minimum atomic E-state index is 0.362. The molecule has 0 aromatic carbocycles. The monoisotopic (exact) mass is 196 g/mol. The fourth-order valence-electron chi connectivity index (χ4n) is 2.05. The van der Waals surface area contributed by atoms with Crippen molar-refractivity contribution >= 4 is 11.7 Å². The van der Waals surface area contributed by atoms with Crippen molar-refractivity contribution in [2.24, 2.45) is 0 Å². The molecule has 4 nitrogen and oxygen atoms in total. The Bertz CT molecular complexity index is 214. The highest BCUT2D eigenvalue weighted by atomic mass is 15.2. The summed E-state index contributed by atoms with van der Waals surface area (Å²) in [5, 5.41) is 15.3. The lowest BCUT2D eigenvalue weighted by molar-refractivity contribution is 0.210. The van der Waals surface area contributed by atoms with Gasteiger partial charge in [-0.05, 0) is 46.8 Å². The van der Waals surface area contributed by atoms with Crippen LogP contribution in [-0.4, -0.2) is 47.7 Å². The second kappa shape index (κ2) is 4.55. The first-order valence-electron chi connectivity index (χ1n) is 5.10. The van der Waals surface area contributed by atoms with Crippen molar-refractivity contribution in [3.63, 3.8) is 0 Å². The van der Waals surface area contributed by atoms with Crippen LogP contribution in [0, 0.1) is 10.8 Å². The van der Waals surface area contributed by atoms with Gasteiger partial charge >= 0.3 is 0 Å². The predicted molar refractivity (Wildman–Crippen MR) is 59.2 cm³/mol. The first kappa shape index (κ1) is 11.2. The highest BCUT2D eigenvalue weighted by Gasteiger charge is 2.24. The zero-order valence-corrected chi connectivity index (χ0v) is 9.30. The van der Waals surface area contributed by atoms with Gasteiger partial charge in [-0.25, -0.2) is 0 Å². The summed E-state index contributed by atoms with van der Waals surface area (Å²) in [5.74, 6) is 0.985. The van der Waals surface area contributed by atoms with E-state index in [9.17, 15) is 0 Å². The van der Waals surface area contributed by atoms with Crippen molar-refractivity contribution in [2.75, 3.05) is 20.1 Å².